The first-order chi connectivity index (χ1) is 12.2. The molecule has 3 aromatic rings. The minimum absolute atomic E-state index is 0.121. The van der Waals surface area contributed by atoms with Crippen LogP contribution in [0.4, 0.5) is 5.82 Å². The Morgan fingerprint density at radius 3 is 2.84 bits per heavy atom. The molecule has 2 N–H and O–H groups in total. The molecule has 0 amide bonds. The van der Waals surface area contributed by atoms with Crippen LogP contribution in [0.15, 0.2) is 29.8 Å². The molecular weight excluding hydrogens is 350 g/mol. The third-order valence-corrected chi connectivity index (χ3v) is 5.77. The van der Waals surface area contributed by atoms with Crippen LogP contribution in [0, 0.1) is 6.92 Å². The maximum absolute atomic E-state index is 4.68. The number of aryl methyl sites for hydroxylation is 1. The highest BCUT2D eigenvalue weighted by molar-refractivity contribution is 7.81. The first-order valence-corrected chi connectivity index (χ1v) is 9.97. The van der Waals surface area contributed by atoms with E-state index >= 15 is 0 Å². The molecule has 1 aliphatic carbocycles. The normalized spacial score (nSPS) is 16.4. The van der Waals surface area contributed by atoms with Crippen LogP contribution >= 0.6 is 24.0 Å². The minimum Gasteiger partial charge on any atom is -0.346 e. The van der Waals surface area contributed by atoms with Gasteiger partial charge in [0.25, 0.3) is 0 Å². The molecule has 3 aromatic heterocycles. The molecule has 0 aromatic carbocycles. The number of rotatable bonds is 5. The third-order valence-electron chi connectivity index (χ3n) is 4.42. The fourth-order valence-corrected chi connectivity index (χ4v) is 4.36. The Bertz CT molecular complexity index is 873. The zero-order chi connectivity index (χ0) is 17.2. The van der Waals surface area contributed by atoms with Gasteiger partial charge < -0.3 is 5.32 Å². The highest BCUT2D eigenvalue weighted by Crippen LogP contribution is 2.26. The van der Waals surface area contributed by atoms with Crippen molar-refractivity contribution >= 4 is 40.9 Å². The number of hydrogen-bond donors (Lipinski definition) is 3. The van der Waals surface area contributed by atoms with Gasteiger partial charge in [-0.2, -0.15) is 0 Å². The van der Waals surface area contributed by atoms with Crippen LogP contribution in [0.3, 0.4) is 0 Å². The molecule has 0 saturated heterocycles. The molecule has 0 aliphatic heterocycles. The number of nitrogens with zero attached hydrogens (tertiary/aromatic N) is 3. The topological polar surface area (TPSA) is 62.7 Å². The summed E-state index contributed by atoms with van der Waals surface area (Å²) in [6.45, 7) is 2.08. The van der Waals surface area contributed by atoms with Gasteiger partial charge in [-0.05, 0) is 48.9 Å². The van der Waals surface area contributed by atoms with Crippen molar-refractivity contribution in [1.29, 1.82) is 0 Å². The van der Waals surface area contributed by atoms with Crippen LogP contribution in [0.2, 0.25) is 0 Å². The SMILES string of the molecule is Cc1csc(-c2cnc3ccc(NC(S)NC4CCCC4)nc3n2)c1. The smallest absolute Gasteiger partial charge is 0.180 e. The lowest BCUT2D eigenvalue weighted by molar-refractivity contribution is 0.529. The largest absolute Gasteiger partial charge is 0.346 e. The second-order valence-electron chi connectivity index (χ2n) is 6.48. The lowest BCUT2D eigenvalue weighted by Crippen LogP contribution is -2.38. The van der Waals surface area contributed by atoms with Crippen LogP contribution in [0.5, 0.6) is 0 Å². The molecule has 1 unspecified atom stereocenters. The highest BCUT2D eigenvalue weighted by atomic mass is 32.1. The van der Waals surface area contributed by atoms with E-state index in [0.29, 0.717) is 11.7 Å². The lowest BCUT2D eigenvalue weighted by atomic mass is 10.2. The number of pyridine rings is 1. The number of fused-ring (bicyclic) bond motifs is 1. The summed E-state index contributed by atoms with van der Waals surface area (Å²) < 4.78 is 0. The number of nitrogens with one attached hydrogen (secondary N) is 2. The number of anilines is 1. The third kappa shape index (κ3) is 3.94. The fraction of sp³-hybridized carbons (Fsp3) is 0.389. The van der Waals surface area contributed by atoms with Crippen molar-refractivity contribution in [2.75, 3.05) is 5.32 Å². The van der Waals surface area contributed by atoms with Crippen molar-refractivity contribution in [3.05, 3.63) is 35.3 Å². The Balaban J connectivity index is 1.53. The van der Waals surface area contributed by atoms with Crippen molar-refractivity contribution in [1.82, 2.24) is 20.3 Å². The van der Waals surface area contributed by atoms with Crippen molar-refractivity contribution in [3.63, 3.8) is 0 Å². The van der Waals surface area contributed by atoms with Gasteiger partial charge >= 0.3 is 0 Å². The van der Waals surface area contributed by atoms with Crippen molar-refractivity contribution < 1.29 is 0 Å². The lowest BCUT2D eigenvalue weighted by Gasteiger charge is -2.20. The first kappa shape index (κ1) is 16.8. The predicted molar refractivity (Wildman–Crippen MR) is 107 cm³/mol. The molecule has 1 saturated carbocycles. The fourth-order valence-electron chi connectivity index (χ4n) is 3.16. The molecule has 0 bridgehead atoms. The van der Waals surface area contributed by atoms with Crippen LogP contribution in [0.25, 0.3) is 21.7 Å². The quantitative estimate of drug-likeness (QED) is 0.463. The van der Waals surface area contributed by atoms with E-state index in [-0.39, 0.29) is 5.50 Å². The van der Waals surface area contributed by atoms with E-state index < -0.39 is 0 Å². The molecule has 0 spiro atoms. The van der Waals surface area contributed by atoms with Crippen molar-refractivity contribution in [3.8, 4) is 10.6 Å². The van der Waals surface area contributed by atoms with Crippen LogP contribution in [-0.2, 0) is 0 Å². The van der Waals surface area contributed by atoms with Gasteiger partial charge in [-0.25, -0.2) is 9.97 Å². The molecule has 1 fully saturated rings. The molecule has 130 valence electrons. The molecule has 3 heterocycles. The van der Waals surface area contributed by atoms with Gasteiger partial charge in [0.1, 0.15) is 22.5 Å². The zero-order valence-electron chi connectivity index (χ0n) is 14.1. The summed E-state index contributed by atoms with van der Waals surface area (Å²) in [7, 11) is 0. The molecule has 25 heavy (non-hydrogen) atoms. The van der Waals surface area contributed by atoms with Gasteiger partial charge in [-0.1, -0.05) is 12.8 Å². The number of thiol groups is 1. The number of thiophene rings is 1. The van der Waals surface area contributed by atoms with Gasteiger partial charge in [0.2, 0.25) is 0 Å². The Morgan fingerprint density at radius 2 is 2.08 bits per heavy atom. The summed E-state index contributed by atoms with van der Waals surface area (Å²) in [5.74, 6) is 0.756. The first-order valence-electron chi connectivity index (χ1n) is 8.57. The summed E-state index contributed by atoms with van der Waals surface area (Å²) in [5, 5.41) is 8.91. The number of aromatic nitrogens is 3. The summed E-state index contributed by atoms with van der Waals surface area (Å²) in [6.07, 6.45) is 6.85. The van der Waals surface area contributed by atoms with E-state index in [1.807, 2.05) is 18.3 Å². The van der Waals surface area contributed by atoms with Crippen molar-refractivity contribution in [2.24, 2.45) is 0 Å². The summed E-state index contributed by atoms with van der Waals surface area (Å²) >= 11 is 6.27. The summed E-state index contributed by atoms with van der Waals surface area (Å²) in [5.41, 5.74) is 3.42. The second kappa shape index (κ2) is 7.27. The predicted octanol–water partition coefficient (Wildman–Crippen LogP) is 4.22. The van der Waals surface area contributed by atoms with E-state index in [1.54, 1.807) is 11.3 Å². The molecule has 4 rings (SSSR count). The monoisotopic (exact) mass is 371 g/mol. The Kier molecular flexibility index (Phi) is 4.87. The molecule has 7 heteroatoms. The standard InChI is InChI=1S/C18H21N5S2/c1-11-8-15(25-10-11)14-9-19-13-6-7-16(22-17(13)21-14)23-18(24)20-12-4-2-3-5-12/h6-10,12,18,20,24H,2-5H2,1H3,(H,21,22,23). The van der Waals surface area contributed by atoms with Crippen LogP contribution in [-0.4, -0.2) is 26.5 Å². The van der Waals surface area contributed by atoms with Gasteiger partial charge in [0.05, 0.1) is 11.1 Å². The molecule has 1 aliphatic rings. The van der Waals surface area contributed by atoms with Gasteiger partial charge in [-0.15, -0.1) is 24.0 Å². The summed E-state index contributed by atoms with van der Waals surface area (Å²) in [4.78, 5) is 14.9. The van der Waals surface area contributed by atoms with E-state index in [0.717, 1.165) is 21.9 Å². The Morgan fingerprint density at radius 1 is 1.24 bits per heavy atom. The van der Waals surface area contributed by atoms with E-state index in [4.69, 9.17) is 0 Å². The van der Waals surface area contributed by atoms with Crippen LogP contribution < -0.4 is 10.6 Å². The second-order valence-corrected chi connectivity index (χ2v) is 7.91. The van der Waals surface area contributed by atoms with Gasteiger partial charge in [-0.3, -0.25) is 10.3 Å². The van der Waals surface area contributed by atoms with Crippen LogP contribution in [0.1, 0.15) is 31.2 Å². The maximum atomic E-state index is 4.68. The van der Waals surface area contributed by atoms with E-state index in [9.17, 15) is 0 Å². The molecular formula is C18H21N5S2. The van der Waals surface area contributed by atoms with E-state index in [1.165, 1.54) is 31.2 Å². The Labute approximate surface area is 156 Å². The van der Waals surface area contributed by atoms with Gasteiger partial charge in [0.15, 0.2) is 5.65 Å². The average Bonchev–Trinajstić information content (AvgIpc) is 3.26. The molecule has 0 radical (unpaired) electrons. The van der Waals surface area contributed by atoms with E-state index in [2.05, 4.69) is 56.6 Å². The van der Waals surface area contributed by atoms with Crippen molar-refractivity contribution in [2.45, 2.75) is 44.1 Å². The Hall–Kier alpha value is -1.70. The van der Waals surface area contributed by atoms with Gasteiger partial charge in [0, 0.05) is 6.04 Å². The zero-order valence-corrected chi connectivity index (χ0v) is 15.8. The number of hydrogen-bond acceptors (Lipinski definition) is 7. The minimum atomic E-state index is -0.121. The summed E-state index contributed by atoms with van der Waals surface area (Å²) in [6, 6.07) is 6.53. The average molecular weight is 372 g/mol. The highest BCUT2D eigenvalue weighted by Gasteiger charge is 2.17. The molecule has 1 atom stereocenters. The maximum Gasteiger partial charge on any atom is 0.180 e. The molecule has 5 nitrogen and oxygen atoms in total.